The molecule has 1 aromatic carbocycles. The fourth-order valence-corrected chi connectivity index (χ4v) is 13.6. The fraction of sp³-hybridized carbons (Fsp3) is 0.500. The lowest BCUT2D eigenvalue weighted by Crippen LogP contribution is -2.49. The molecule has 0 aliphatic carbocycles. The lowest BCUT2D eigenvalue weighted by Gasteiger charge is -2.26. The molecule has 1 aromatic rings. The smallest absolute Gasteiger partial charge is 0.0656 e. The summed E-state index contributed by atoms with van der Waals surface area (Å²) in [6, 6.07) is 4.68. The van der Waals surface area contributed by atoms with Crippen molar-refractivity contribution in [2.45, 2.75) is 39.3 Å². The minimum atomic E-state index is -1.23. The maximum Gasteiger partial charge on any atom is 0.0803 e. The van der Waals surface area contributed by atoms with Crippen molar-refractivity contribution in [1.82, 2.24) is 0 Å². The normalized spacial score (nSPS) is 13.0. The van der Waals surface area contributed by atoms with Crippen LogP contribution in [0.25, 0.3) is 0 Å². The lowest BCUT2D eigenvalue weighted by atomic mass is 10.4. The van der Waals surface area contributed by atoms with Crippen molar-refractivity contribution in [3.8, 4) is 0 Å². The zero-order valence-electron chi connectivity index (χ0n) is 10.9. The fourth-order valence-electron chi connectivity index (χ4n) is 1.82. The van der Waals surface area contributed by atoms with E-state index >= 15 is 0 Å². The van der Waals surface area contributed by atoms with Gasteiger partial charge in [0.2, 0.25) is 0 Å². The Labute approximate surface area is 129 Å². The van der Waals surface area contributed by atoms with Gasteiger partial charge in [-0.25, -0.2) is 0 Å². The average molecular weight is 474 g/mol. The molecule has 0 spiro atoms. The number of halogens is 2. The summed E-state index contributed by atoms with van der Waals surface area (Å²) in [5, 5.41) is 3.29. The number of benzene rings is 1. The second-order valence-corrected chi connectivity index (χ2v) is 18.6. The first-order chi connectivity index (χ1) is 7.05. The zero-order chi connectivity index (χ0) is 12.7. The van der Waals surface area contributed by atoms with Crippen LogP contribution in [-0.4, -0.2) is 16.1 Å². The van der Waals surface area contributed by atoms with Crippen molar-refractivity contribution in [2.24, 2.45) is 0 Å². The van der Waals surface area contributed by atoms with Gasteiger partial charge in [0.05, 0.1) is 16.1 Å². The van der Waals surface area contributed by atoms with Crippen molar-refractivity contribution >= 4 is 71.7 Å². The molecule has 90 valence electrons. The standard InChI is InChI=1S/C12H20I2Si2/c1-15(2,3)10-8-7-9(13)12(11(10)14)16(4,5)6/h7-8H,1-6H3. The average Bonchev–Trinajstić information content (AvgIpc) is 1.97. The highest BCUT2D eigenvalue weighted by Gasteiger charge is 2.28. The van der Waals surface area contributed by atoms with Crippen molar-refractivity contribution in [2.75, 3.05) is 0 Å². The Morgan fingerprint density at radius 1 is 0.812 bits per heavy atom. The first-order valence-electron chi connectivity index (χ1n) is 5.54. The van der Waals surface area contributed by atoms with Crippen LogP contribution in [0.5, 0.6) is 0 Å². The summed E-state index contributed by atoms with van der Waals surface area (Å²) in [6.07, 6.45) is 0. The van der Waals surface area contributed by atoms with E-state index in [1.54, 1.807) is 13.9 Å². The van der Waals surface area contributed by atoms with E-state index in [4.69, 9.17) is 0 Å². The van der Waals surface area contributed by atoms with Gasteiger partial charge in [-0.3, -0.25) is 0 Å². The lowest BCUT2D eigenvalue weighted by molar-refractivity contribution is 1.59. The Hall–Kier alpha value is 1.11. The van der Waals surface area contributed by atoms with E-state index in [9.17, 15) is 0 Å². The Bertz CT molecular complexity index is 401. The summed E-state index contributed by atoms with van der Waals surface area (Å²) in [7, 11) is -2.43. The molecule has 16 heavy (non-hydrogen) atoms. The second kappa shape index (κ2) is 5.01. The molecular formula is C12H20I2Si2. The van der Waals surface area contributed by atoms with E-state index in [0.717, 1.165) is 0 Å². The van der Waals surface area contributed by atoms with Crippen LogP contribution in [0.3, 0.4) is 0 Å². The summed E-state index contributed by atoms with van der Waals surface area (Å²) in [5.74, 6) is 0. The Kier molecular flexibility index (Phi) is 4.75. The van der Waals surface area contributed by atoms with Crippen LogP contribution in [0, 0.1) is 7.14 Å². The Morgan fingerprint density at radius 2 is 1.31 bits per heavy atom. The zero-order valence-corrected chi connectivity index (χ0v) is 17.2. The van der Waals surface area contributed by atoms with E-state index in [-0.39, 0.29) is 0 Å². The Morgan fingerprint density at radius 3 is 1.69 bits per heavy atom. The Balaban J connectivity index is 3.52. The second-order valence-electron chi connectivity index (χ2n) is 6.28. The third kappa shape index (κ3) is 3.32. The summed E-state index contributed by atoms with van der Waals surface area (Å²) in [4.78, 5) is 0. The maximum absolute atomic E-state index is 2.58. The van der Waals surface area contributed by atoms with E-state index < -0.39 is 16.1 Å². The summed E-state index contributed by atoms with van der Waals surface area (Å²) >= 11 is 5.08. The molecule has 0 atom stereocenters. The van der Waals surface area contributed by atoms with Crippen molar-refractivity contribution in [3.05, 3.63) is 19.3 Å². The minimum Gasteiger partial charge on any atom is -0.0656 e. The highest BCUT2D eigenvalue weighted by Crippen LogP contribution is 2.17. The maximum atomic E-state index is 2.58. The highest BCUT2D eigenvalue weighted by molar-refractivity contribution is 14.1. The van der Waals surface area contributed by atoms with E-state index in [0.29, 0.717) is 0 Å². The molecule has 1 rings (SSSR count). The topological polar surface area (TPSA) is 0 Å². The van der Waals surface area contributed by atoms with Gasteiger partial charge in [-0.05, 0) is 61.6 Å². The van der Waals surface area contributed by atoms with Crippen LogP contribution in [0.1, 0.15) is 0 Å². The summed E-state index contributed by atoms with van der Waals surface area (Å²) in [5.41, 5.74) is 0. The van der Waals surface area contributed by atoms with Gasteiger partial charge in [0, 0.05) is 7.14 Å². The monoisotopic (exact) mass is 474 g/mol. The molecule has 0 aliphatic rings. The van der Waals surface area contributed by atoms with Crippen LogP contribution in [0.15, 0.2) is 12.1 Å². The van der Waals surface area contributed by atoms with Crippen LogP contribution >= 0.6 is 45.2 Å². The number of hydrogen-bond acceptors (Lipinski definition) is 0. The first kappa shape index (κ1) is 15.2. The van der Waals surface area contributed by atoms with Crippen LogP contribution in [0.4, 0.5) is 0 Å². The first-order valence-corrected chi connectivity index (χ1v) is 14.7. The molecule has 0 radical (unpaired) electrons. The third-order valence-electron chi connectivity index (χ3n) is 2.65. The molecule has 0 aliphatic heterocycles. The molecule has 0 fully saturated rings. The molecule has 0 bridgehead atoms. The van der Waals surface area contributed by atoms with E-state index in [1.807, 2.05) is 0 Å². The molecule has 0 aromatic heterocycles. The predicted octanol–water partition coefficient (Wildman–Crippen LogP) is 3.99. The molecule has 0 saturated carbocycles. The van der Waals surface area contributed by atoms with E-state index in [2.05, 4.69) is 96.6 Å². The van der Waals surface area contributed by atoms with Crippen molar-refractivity contribution in [3.63, 3.8) is 0 Å². The minimum absolute atomic E-state index is 1.20. The molecule has 0 N–H and O–H groups in total. The van der Waals surface area contributed by atoms with Crippen LogP contribution in [0.2, 0.25) is 39.3 Å². The van der Waals surface area contributed by atoms with Gasteiger partial charge in [0.1, 0.15) is 0 Å². The van der Waals surface area contributed by atoms with E-state index in [1.165, 1.54) is 3.57 Å². The van der Waals surface area contributed by atoms with Crippen molar-refractivity contribution in [1.29, 1.82) is 0 Å². The third-order valence-corrected chi connectivity index (χ3v) is 10.2. The largest absolute Gasteiger partial charge is 0.0803 e. The molecule has 0 saturated heterocycles. The van der Waals surface area contributed by atoms with Gasteiger partial charge < -0.3 is 0 Å². The highest BCUT2D eigenvalue weighted by atomic mass is 127. The van der Waals surface area contributed by atoms with Gasteiger partial charge in [0.25, 0.3) is 0 Å². The number of hydrogen-bond donors (Lipinski definition) is 0. The molecule has 0 heterocycles. The summed E-state index contributed by atoms with van der Waals surface area (Å²) < 4.78 is 3.02. The van der Waals surface area contributed by atoms with Crippen molar-refractivity contribution < 1.29 is 0 Å². The van der Waals surface area contributed by atoms with Crippen LogP contribution < -0.4 is 10.4 Å². The van der Waals surface area contributed by atoms with Gasteiger partial charge in [-0.1, -0.05) is 45.3 Å². The van der Waals surface area contributed by atoms with Gasteiger partial charge in [0.15, 0.2) is 0 Å². The molecule has 0 nitrogen and oxygen atoms in total. The van der Waals surface area contributed by atoms with Gasteiger partial charge in [-0.15, -0.1) is 0 Å². The molecule has 0 amide bonds. The SMILES string of the molecule is C[Si](C)(C)c1ccc(I)c([Si](C)(C)C)c1I. The quantitative estimate of drug-likeness (QED) is 0.450. The van der Waals surface area contributed by atoms with Crippen LogP contribution in [-0.2, 0) is 0 Å². The molecule has 0 unspecified atom stereocenters. The number of rotatable bonds is 2. The molecule has 4 heteroatoms. The van der Waals surface area contributed by atoms with Gasteiger partial charge in [-0.2, -0.15) is 0 Å². The predicted molar refractivity (Wildman–Crippen MR) is 97.8 cm³/mol. The summed E-state index contributed by atoms with van der Waals surface area (Å²) in [6.45, 7) is 14.6. The molecular weight excluding hydrogens is 454 g/mol. The van der Waals surface area contributed by atoms with Gasteiger partial charge >= 0.3 is 0 Å².